The summed E-state index contributed by atoms with van der Waals surface area (Å²) in [6.45, 7) is 3.69. The van der Waals surface area contributed by atoms with Crippen molar-refractivity contribution in [2.24, 2.45) is 0 Å². The van der Waals surface area contributed by atoms with Gasteiger partial charge in [0, 0.05) is 20.0 Å². The van der Waals surface area contributed by atoms with Crippen molar-refractivity contribution in [1.82, 2.24) is 15.2 Å². The van der Waals surface area contributed by atoms with E-state index >= 15 is 0 Å². The second kappa shape index (κ2) is 6.71. The first-order valence-corrected chi connectivity index (χ1v) is 8.67. The predicted octanol–water partition coefficient (Wildman–Crippen LogP) is 3.94. The summed E-state index contributed by atoms with van der Waals surface area (Å²) in [5.41, 5.74) is 0.469. The van der Waals surface area contributed by atoms with Crippen molar-refractivity contribution in [2.45, 2.75) is 32.6 Å². The van der Waals surface area contributed by atoms with Crippen molar-refractivity contribution in [1.29, 1.82) is 0 Å². The molecular weight excluding hydrogens is 367 g/mol. The summed E-state index contributed by atoms with van der Waals surface area (Å²) in [7, 11) is 0. The Morgan fingerprint density at radius 3 is 2.54 bits per heavy atom. The van der Waals surface area contributed by atoms with Gasteiger partial charge in [-0.15, -0.1) is 11.3 Å². The summed E-state index contributed by atoms with van der Waals surface area (Å²) in [5, 5.41) is 3.36. The van der Waals surface area contributed by atoms with Crippen LogP contribution in [0.5, 0.6) is 0 Å². The molecule has 1 atom stereocenters. The fraction of sp³-hybridized carbons (Fsp3) is 0.353. The van der Waals surface area contributed by atoms with Gasteiger partial charge in [0.15, 0.2) is 5.78 Å². The summed E-state index contributed by atoms with van der Waals surface area (Å²) in [4.78, 5) is 30.3. The van der Waals surface area contributed by atoms with E-state index in [2.05, 4.69) is 10.3 Å². The smallest absolute Gasteiger partial charge is 0.335 e. The molecule has 1 fully saturated rings. The lowest BCUT2D eigenvalue weighted by Gasteiger charge is -2.21. The number of thiazole rings is 1. The molecule has 1 saturated heterocycles. The number of nitrogens with zero attached hydrogens (tertiary/aromatic N) is 2. The lowest BCUT2D eigenvalue weighted by atomic mass is 10.1. The standard InChI is InChI=1S/C17H16F3N3O2S/c1-9-14(10(2)24)26-15(22-9)13-7-21-16(25)23(13)8-11-3-5-12(6-4-11)17(18,19)20/h3-6,13H,7-8H2,1-2H3,(H,21,25). The largest absolute Gasteiger partial charge is 0.416 e. The Morgan fingerprint density at radius 2 is 2.00 bits per heavy atom. The number of carbonyl (C=O) groups is 2. The number of urea groups is 1. The van der Waals surface area contributed by atoms with E-state index in [1.165, 1.54) is 35.3 Å². The van der Waals surface area contributed by atoms with Crippen LogP contribution in [-0.4, -0.2) is 28.2 Å². The van der Waals surface area contributed by atoms with E-state index in [4.69, 9.17) is 0 Å². The van der Waals surface area contributed by atoms with Crippen molar-refractivity contribution in [3.05, 3.63) is 51.0 Å². The molecule has 1 aliphatic heterocycles. The Balaban J connectivity index is 1.82. The number of hydrogen-bond acceptors (Lipinski definition) is 4. The normalized spacial score (nSPS) is 17.5. The Kier molecular flexibility index (Phi) is 4.74. The van der Waals surface area contributed by atoms with Gasteiger partial charge in [0.05, 0.1) is 16.1 Å². The van der Waals surface area contributed by atoms with Crippen LogP contribution in [0.1, 0.15) is 44.5 Å². The third kappa shape index (κ3) is 3.57. The number of benzene rings is 1. The SMILES string of the molecule is CC(=O)c1sc(C2CNC(=O)N2Cc2ccc(C(F)(F)F)cc2)nc1C. The van der Waals surface area contributed by atoms with Crippen LogP contribution in [0.2, 0.25) is 0 Å². The number of amides is 2. The third-order valence-corrected chi connectivity index (χ3v) is 5.50. The molecule has 1 N–H and O–H groups in total. The highest BCUT2D eigenvalue weighted by atomic mass is 32.1. The van der Waals surface area contributed by atoms with Gasteiger partial charge in [-0.05, 0) is 24.6 Å². The van der Waals surface area contributed by atoms with Crippen molar-refractivity contribution < 1.29 is 22.8 Å². The van der Waals surface area contributed by atoms with Crippen LogP contribution in [0.4, 0.5) is 18.0 Å². The third-order valence-electron chi connectivity index (χ3n) is 4.14. The van der Waals surface area contributed by atoms with Crippen molar-refractivity contribution in [2.75, 3.05) is 6.54 Å². The van der Waals surface area contributed by atoms with E-state index in [-0.39, 0.29) is 24.4 Å². The molecule has 3 rings (SSSR count). The van der Waals surface area contributed by atoms with Crippen LogP contribution in [0, 0.1) is 6.92 Å². The molecule has 0 radical (unpaired) electrons. The fourth-order valence-corrected chi connectivity index (χ4v) is 3.90. The second-order valence-corrected chi connectivity index (χ2v) is 7.08. The number of aromatic nitrogens is 1. The molecule has 9 heteroatoms. The van der Waals surface area contributed by atoms with Crippen molar-refractivity contribution in [3.8, 4) is 0 Å². The number of carbonyl (C=O) groups excluding carboxylic acids is 2. The monoisotopic (exact) mass is 383 g/mol. The molecule has 1 aliphatic rings. The van der Waals surface area contributed by atoms with E-state index < -0.39 is 11.7 Å². The molecule has 1 aromatic heterocycles. The number of nitrogens with one attached hydrogen (secondary N) is 1. The Labute approximate surface area is 151 Å². The van der Waals surface area contributed by atoms with E-state index in [0.29, 0.717) is 27.7 Å². The average molecular weight is 383 g/mol. The van der Waals surface area contributed by atoms with Gasteiger partial charge in [0.2, 0.25) is 0 Å². The Bertz CT molecular complexity index is 846. The minimum absolute atomic E-state index is 0.0853. The maximum absolute atomic E-state index is 12.7. The number of halogens is 3. The molecule has 0 spiro atoms. The van der Waals surface area contributed by atoms with Gasteiger partial charge in [-0.25, -0.2) is 9.78 Å². The Hall–Kier alpha value is -2.42. The van der Waals surface area contributed by atoms with Crippen molar-refractivity contribution >= 4 is 23.2 Å². The van der Waals surface area contributed by atoms with Crippen LogP contribution in [0.3, 0.4) is 0 Å². The molecule has 26 heavy (non-hydrogen) atoms. The van der Waals surface area contributed by atoms with Crippen LogP contribution in [-0.2, 0) is 12.7 Å². The van der Waals surface area contributed by atoms with Gasteiger partial charge < -0.3 is 10.2 Å². The number of ketones is 1. The van der Waals surface area contributed by atoms with Gasteiger partial charge in [0.1, 0.15) is 11.0 Å². The number of aryl methyl sites for hydroxylation is 1. The highest BCUT2D eigenvalue weighted by molar-refractivity contribution is 7.13. The molecule has 2 heterocycles. The van der Waals surface area contributed by atoms with E-state index in [9.17, 15) is 22.8 Å². The first-order valence-electron chi connectivity index (χ1n) is 7.85. The zero-order valence-electron chi connectivity index (χ0n) is 14.1. The molecule has 1 aromatic carbocycles. The van der Waals surface area contributed by atoms with Crippen LogP contribution < -0.4 is 5.32 Å². The van der Waals surface area contributed by atoms with Gasteiger partial charge in [-0.3, -0.25) is 4.79 Å². The van der Waals surface area contributed by atoms with Crippen LogP contribution in [0.25, 0.3) is 0 Å². The molecule has 0 saturated carbocycles. The summed E-state index contributed by atoms with van der Waals surface area (Å²) in [6.07, 6.45) is -4.40. The van der Waals surface area contributed by atoms with Crippen molar-refractivity contribution in [3.63, 3.8) is 0 Å². The summed E-state index contributed by atoms with van der Waals surface area (Å²) < 4.78 is 38.0. The molecule has 2 aromatic rings. The molecule has 138 valence electrons. The van der Waals surface area contributed by atoms with E-state index in [0.717, 1.165) is 12.1 Å². The maximum atomic E-state index is 12.7. The number of hydrogen-bond donors (Lipinski definition) is 1. The Morgan fingerprint density at radius 1 is 1.35 bits per heavy atom. The predicted molar refractivity (Wildman–Crippen MR) is 90.0 cm³/mol. The quantitative estimate of drug-likeness (QED) is 0.814. The van der Waals surface area contributed by atoms with Crippen LogP contribution in [0.15, 0.2) is 24.3 Å². The second-order valence-electron chi connectivity index (χ2n) is 6.05. The highest BCUT2D eigenvalue weighted by Gasteiger charge is 2.35. The van der Waals surface area contributed by atoms with E-state index in [1.54, 1.807) is 6.92 Å². The molecular formula is C17H16F3N3O2S. The van der Waals surface area contributed by atoms with Gasteiger partial charge in [-0.2, -0.15) is 13.2 Å². The number of rotatable bonds is 4. The summed E-state index contributed by atoms with van der Waals surface area (Å²) in [5.74, 6) is -0.0853. The zero-order valence-corrected chi connectivity index (χ0v) is 14.9. The minimum Gasteiger partial charge on any atom is -0.335 e. The minimum atomic E-state index is -4.40. The molecule has 5 nitrogen and oxygen atoms in total. The van der Waals surface area contributed by atoms with Gasteiger partial charge >= 0.3 is 12.2 Å². The maximum Gasteiger partial charge on any atom is 0.416 e. The molecule has 1 unspecified atom stereocenters. The van der Waals surface area contributed by atoms with Gasteiger partial charge in [-0.1, -0.05) is 12.1 Å². The zero-order chi connectivity index (χ0) is 19.1. The molecule has 0 aliphatic carbocycles. The highest BCUT2D eigenvalue weighted by Crippen LogP contribution is 2.33. The first-order chi connectivity index (χ1) is 12.2. The average Bonchev–Trinajstić information content (AvgIpc) is 3.11. The number of alkyl halides is 3. The van der Waals surface area contributed by atoms with Crippen LogP contribution >= 0.6 is 11.3 Å². The number of Topliss-reactive ketones (excluding diaryl/α,β-unsaturated/α-hetero) is 1. The summed E-state index contributed by atoms with van der Waals surface area (Å²) in [6, 6.07) is 4.05. The van der Waals surface area contributed by atoms with Gasteiger partial charge in [0.25, 0.3) is 0 Å². The molecule has 0 bridgehead atoms. The van der Waals surface area contributed by atoms with E-state index in [1.807, 2.05) is 0 Å². The lowest BCUT2D eigenvalue weighted by molar-refractivity contribution is -0.137. The fourth-order valence-electron chi connectivity index (χ4n) is 2.82. The molecule has 2 amide bonds. The lowest BCUT2D eigenvalue weighted by Crippen LogP contribution is -2.29. The topological polar surface area (TPSA) is 62.3 Å². The summed E-state index contributed by atoms with van der Waals surface area (Å²) >= 11 is 1.24. The first kappa shape index (κ1) is 18.4.